The molecule has 0 saturated heterocycles. The van der Waals surface area contributed by atoms with Crippen LogP contribution in [0.4, 0.5) is 26.3 Å². The highest BCUT2D eigenvalue weighted by Crippen LogP contribution is 2.41. The summed E-state index contributed by atoms with van der Waals surface area (Å²) in [5.74, 6) is 0.0963. The first-order valence-corrected chi connectivity index (χ1v) is 13.1. The Bertz CT molecular complexity index is 1380. The van der Waals surface area contributed by atoms with Crippen LogP contribution in [0.15, 0.2) is 122 Å². The molecular weight excluding hydrogens is 554 g/mol. The van der Waals surface area contributed by atoms with E-state index in [2.05, 4.69) is 13.2 Å². The minimum atomic E-state index is -4.66. The van der Waals surface area contributed by atoms with Crippen molar-refractivity contribution in [1.82, 2.24) is 0 Å². The van der Waals surface area contributed by atoms with Gasteiger partial charge in [0.05, 0.1) is 0 Å². The molecule has 0 heterocycles. The lowest BCUT2D eigenvalue weighted by molar-refractivity contribution is -0.198. The second kappa shape index (κ2) is 13.0. The SMILES string of the molecule is C=CCc1cc(-c2ccc(OC(c3ccccc3)C(F)(F)F)c(CC=C)c2)ccc1OC(c1ccccc1)C(F)(F)F. The molecule has 8 heteroatoms. The Kier molecular flexibility index (Phi) is 9.45. The highest BCUT2D eigenvalue weighted by molar-refractivity contribution is 5.68. The Morgan fingerprint density at radius 3 is 1.21 bits per heavy atom. The fraction of sp³-hybridized carbons (Fsp3) is 0.176. The molecule has 218 valence electrons. The van der Waals surface area contributed by atoms with Crippen LogP contribution in [-0.2, 0) is 12.8 Å². The predicted molar refractivity (Wildman–Crippen MR) is 151 cm³/mol. The number of alkyl halides is 6. The summed E-state index contributed by atoms with van der Waals surface area (Å²) in [4.78, 5) is 0. The summed E-state index contributed by atoms with van der Waals surface area (Å²) < 4.78 is 94.7. The minimum absolute atomic E-state index is 0.0315. The van der Waals surface area contributed by atoms with E-state index in [0.717, 1.165) is 0 Å². The molecule has 0 bridgehead atoms. The van der Waals surface area contributed by atoms with E-state index in [-0.39, 0.29) is 35.5 Å². The average Bonchev–Trinajstić information content (AvgIpc) is 2.95. The van der Waals surface area contributed by atoms with Crippen molar-refractivity contribution in [3.8, 4) is 22.6 Å². The fourth-order valence-electron chi connectivity index (χ4n) is 4.54. The zero-order valence-electron chi connectivity index (χ0n) is 22.5. The minimum Gasteiger partial charge on any atom is -0.476 e. The van der Waals surface area contributed by atoms with Gasteiger partial charge in [0.2, 0.25) is 12.2 Å². The summed E-state index contributed by atoms with van der Waals surface area (Å²) in [7, 11) is 0. The summed E-state index contributed by atoms with van der Waals surface area (Å²) in [5, 5.41) is 0. The quantitative estimate of drug-likeness (QED) is 0.129. The van der Waals surface area contributed by atoms with Crippen molar-refractivity contribution in [1.29, 1.82) is 0 Å². The van der Waals surface area contributed by atoms with Gasteiger partial charge in [0.1, 0.15) is 11.5 Å². The van der Waals surface area contributed by atoms with Crippen molar-refractivity contribution in [2.45, 2.75) is 37.4 Å². The largest absolute Gasteiger partial charge is 0.476 e. The van der Waals surface area contributed by atoms with Crippen LogP contribution < -0.4 is 9.47 Å². The molecule has 4 aromatic carbocycles. The van der Waals surface area contributed by atoms with E-state index in [1.165, 1.54) is 60.7 Å². The molecule has 0 aliphatic heterocycles. The molecule has 0 fully saturated rings. The number of hydrogen-bond acceptors (Lipinski definition) is 2. The number of halogens is 6. The molecule has 2 atom stereocenters. The van der Waals surface area contributed by atoms with Crippen molar-refractivity contribution >= 4 is 0 Å². The van der Waals surface area contributed by atoms with E-state index >= 15 is 0 Å². The van der Waals surface area contributed by atoms with Crippen LogP contribution in [0.3, 0.4) is 0 Å². The molecule has 0 spiro atoms. The maximum absolute atomic E-state index is 13.9. The lowest BCUT2D eigenvalue weighted by atomic mass is 9.97. The third kappa shape index (κ3) is 7.43. The van der Waals surface area contributed by atoms with Gasteiger partial charge in [-0.2, -0.15) is 26.3 Å². The molecule has 0 aliphatic rings. The zero-order chi connectivity index (χ0) is 30.3. The van der Waals surface area contributed by atoms with Crippen LogP contribution in [0, 0.1) is 0 Å². The van der Waals surface area contributed by atoms with Gasteiger partial charge in [0.25, 0.3) is 0 Å². The highest BCUT2D eigenvalue weighted by atomic mass is 19.4. The average molecular weight is 583 g/mol. The van der Waals surface area contributed by atoms with Crippen LogP contribution in [0.5, 0.6) is 11.5 Å². The maximum Gasteiger partial charge on any atom is 0.429 e. The van der Waals surface area contributed by atoms with Gasteiger partial charge in [-0.1, -0.05) is 84.9 Å². The molecule has 0 aliphatic carbocycles. The second-order valence-corrected chi connectivity index (χ2v) is 9.53. The summed E-state index contributed by atoms with van der Waals surface area (Å²) in [6.45, 7) is 7.42. The van der Waals surface area contributed by atoms with E-state index in [4.69, 9.17) is 9.47 Å². The molecule has 2 unspecified atom stereocenters. The van der Waals surface area contributed by atoms with Crippen LogP contribution >= 0.6 is 0 Å². The number of rotatable bonds is 11. The molecule has 0 saturated carbocycles. The summed E-state index contributed by atoms with van der Waals surface area (Å²) in [6.07, 6.45) is -10.1. The summed E-state index contributed by atoms with van der Waals surface area (Å²) in [6, 6.07) is 24.2. The normalized spacial score (nSPS) is 13.2. The fourth-order valence-corrected chi connectivity index (χ4v) is 4.54. The Labute approximate surface area is 240 Å². The first-order valence-electron chi connectivity index (χ1n) is 13.1. The van der Waals surface area contributed by atoms with Gasteiger partial charge in [0.15, 0.2) is 0 Å². The summed E-state index contributed by atoms with van der Waals surface area (Å²) >= 11 is 0. The van der Waals surface area contributed by atoms with Crippen LogP contribution in [-0.4, -0.2) is 12.4 Å². The molecule has 0 amide bonds. The first kappa shape index (κ1) is 30.5. The number of hydrogen-bond donors (Lipinski definition) is 0. The van der Waals surface area contributed by atoms with Crippen LogP contribution in [0.2, 0.25) is 0 Å². The van der Waals surface area contributed by atoms with Gasteiger partial charge in [-0.15, -0.1) is 13.2 Å². The number of ether oxygens (including phenoxy) is 2. The molecule has 2 nitrogen and oxygen atoms in total. The topological polar surface area (TPSA) is 18.5 Å². The molecule has 4 aromatic rings. The number of benzene rings is 4. The van der Waals surface area contributed by atoms with E-state index < -0.39 is 24.6 Å². The Morgan fingerprint density at radius 1 is 0.548 bits per heavy atom. The van der Waals surface area contributed by atoms with E-state index in [1.807, 2.05) is 0 Å². The zero-order valence-corrected chi connectivity index (χ0v) is 22.5. The molecule has 0 radical (unpaired) electrons. The van der Waals surface area contributed by atoms with Crippen molar-refractivity contribution in [3.05, 3.63) is 145 Å². The third-order valence-electron chi connectivity index (χ3n) is 6.47. The Morgan fingerprint density at radius 2 is 0.905 bits per heavy atom. The van der Waals surface area contributed by atoms with Crippen molar-refractivity contribution < 1.29 is 35.8 Å². The van der Waals surface area contributed by atoms with Gasteiger partial charge >= 0.3 is 12.4 Å². The molecule has 4 rings (SSSR count). The predicted octanol–water partition coefficient (Wildman–Crippen LogP) is 10.2. The lowest BCUT2D eigenvalue weighted by Crippen LogP contribution is -2.26. The van der Waals surface area contributed by atoms with Crippen molar-refractivity contribution in [3.63, 3.8) is 0 Å². The smallest absolute Gasteiger partial charge is 0.429 e. The van der Waals surface area contributed by atoms with Crippen molar-refractivity contribution in [2.24, 2.45) is 0 Å². The highest BCUT2D eigenvalue weighted by Gasteiger charge is 2.44. The van der Waals surface area contributed by atoms with Crippen molar-refractivity contribution in [2.75, 3.05) is 0 Å². The van der Waals surface area contributed by atoms with Gasteiger partial charge < -0.3 is 9.47 Å². The van der Waals surface area contributed by atoms with Gasteiger partial charge in [-0.25, -0.2) is 0 Å². The Hall–Kier alpha value is -4.46. The second-order valence-electron chi connectivity index (χ2n) is 9.53. The van der Waals surface area contributed by atoms with E-state index in [9.17, 15) is 26.3 Å². The van der Waals surface area contributed by atoms with Crippen LogP contribution in [0.1, 0.15) is 34.5 Å². The first-order chi connectivity index (χ1) is 20.0. The summed E-state index contributed by atoms with van der Waals surface area (Å²) in [5.41, 5.74) is 2.15. The monoisotopic (exact) mass is 582 g/mol. The lowest BCUT2D eigenvalue weighted by Gasteiger charge is -2.24. The molecule has 0 aromatic heterocycles. The standard InChI is InChI=1S/C34H28F6O2/c1-3-11-27-21-25(17-19-29(27)41-31(33(35,36)37)23-13-7-5-8-14-23)26-18-20-30(28(22-26)12-4-2)42-32(34(38,39)40)24-15-9-6-10-16-24/h3-10,13-22,31-32H,1-2,11-12H2. The third-order valence-corrected chi connectivity index (χ3v) is 6.47. The molecule has 0 N–H and O–H groups in total. The van der Waals surface area contributed by atoms with E-state index in [1.54, 1.807) is 48.6 Å². The maximum atomic E-state index is 13.9. The Balaban J connectivity index is 1.69. The van der Waals surface area contributed by atoms with Gasteiger partial charge in [0, 0.05) is 11.1 Å². The van der Waals surface area contributed by atoms with Crippen LogP contribution in [0.25, 0.3) is 11.1 Å². The van der Waals surface area contributed by atoms with Gasteiger partial charge in [-0.05, 0) is 59.4 Å². The van der Waals surface area contributed by atoms with E-state index in [0.29, 0.717) is 22.3 Å². The number of allylic oxidation sites excluding steroid dienone is 2. The molecule has 42 heavy (non-hydrogen) atoms. The molecular formula is C34H28F6O2. The van der Waals surface area contributed by atoms with Gasteiger partial charge in [-0.3, -0.25) is 0 Å².